The van der Waals surface area contributed by atoms with Gasteiger partial charge in [-0.25, -0.2) is 21.6 Å². The number of sulfone groups is 1. The molecular weight excluding hydrogens is 266 g/mol. The molecule has 0 saturated carbocycles. The molecule has 2 N–H and O–H groups in total. The Hall–Kier alpha value is -1.19. The van der Waals surface area contributed by atoms with Gasteiger partial charge < -0.3 is 0 Å². The molecule has 1 aromatic rings. The summed E-state index contributed by atoms with van der Waals surface area (Å²) in [5, 5.41) is 7.14. The third-order valence-corrected chi connectivity index (χ3v) is 5.31. The number of rotatable bonds is 3. The third-order valence-electron chi connectivity index (χ3n) is 2.31. The van der Waals surface area contributed by atoms with Crippen LogP contribution in [0.4, 0.5) is 0 Å². The lowest BCUT2D eigenvalue weighted by Crippen LogP contribution is -2.35. The molecule has 0 spiro atoms. The summed E-state index contributed by atoms with van der Waals surface area (Å²) >= 11 is 0. The number of nitrogens with zero attached hydrogens (tertiary/aromatic N) is 1. The van der Waals surface area contributed by atoms with Crippen molar-refractivity contribution in [1.82, 2.24) is 14.9 Å². The second-order valence-electron chi connectivity index (χ2n) is 3.75. The SMILES string of the molecule is Cc1[nH]ncc1S(=O)(=O)NC1C=CS(=O)(=O)C1. The zero-order valence-corrected chi connectivity index (χ0v) is 10.5. The maximum atomic E-state index is 11.9. The van der Waals surface area contributed by atoms with Gasteiger partial charge in [0.05, 0.1) is 23.7 Å². The maximum Gasteiger partial charge on any atom is 0.244 e. The molecule has 1 aliphatic rings. The number of hydrogen-bond donors (Lipinski definition) is 2. The summed E-state index contributed by atoms with van der Waals surface area (Å²) in [5.74, 6) is -0.247. The lowest BCUT2D eigenvalue weighted by molar-refractivity contribution is 0.574. The van der Waals surface area contributed by atoms with Crippen LogP contribution in [0.2, 0.25) is 0 Å². The fraction of sp³-hybridized carbons (Fsp3) is 0.375. The van der Waals surface area contributed by atoms with Gasteiger partial charge in [-0.3, -0.25) is 5.10 Å². The molecule has 7 nitrogen and oxygen atoms in total. The molecule has 9 heteroatoms. The first-order chi connectivity index (χ1) is 7.80. The molecule has 0 bridgehead atoms. The van der Waals surface area contributed by atoms with E-state index in [1.165, 1.54) is 12.3 Å². The van der Waals surface area contributed by atoms with Crippen molar-refractivity contribution in [3.63, 3.8) is 0 Å². The average Bonchev–Trinajstić information content (AvgIpc) is 2.72. The van der Waals surface area contributed by atoms with E-state index in [9.17, 15) is 16.8 Å². The Bertz CT molecular complexity index is 657. The van der Waals surface area contributed by atoms with Gasteiger partial charge in [-0.2, -0.15) is 5.10 Å². The molecule has 1 aliphatic heterocycles. The number of H-pyrrole nitrogens is 1. The van der Waals surface area contributed by atoms with Crippen molar-refractivity contribution in [2.75, 3.05) is 5.75 Å². The lowest BCUT2D eigenvalue weighted by atomic mass is 10.4. The first kappa shape index (κ1) is 12.3. The first-order valence-corrected chi connectivity index (χ1v) is 7.93. The molecule has 0 amide bonds. The van der Waals surface area contributed by atoms with E-state index in [0.29, 0.717) is 5.69 Å². The van der Waals surface area contributed by atoms with Crippen LogP contribution in [0, 0.1) is 6.92 Å². The predicted octanol–water partition coefficient (Wildman–Crippen LogP) is -0.693. The Kier molecular flexibility index (Phi) is 2.84. The third kappa shape index (κ3) is 2.56. The minimum absolute atomic E-state index is 0.0233. The summed E-state index contributed by atoms with van der Waals surface area (Å²) in [6.45, 7) is 1.57. The zero-order chi connectivity index (χ0) is 12.7. The van der Waals surface area contributed by atoms with Gasteiger partial charge in [0.2, 0.25) is 10.0 Å². The topological polar surface area (TPSA) is 109 Å². The molecule has 0 fully saturated rings. The second-order valence-corrected chi connectivity index (χ2v) is 7.36. The molecule has 1 atom stereocenters. The van der Waals surface area contributed by atoms with Crippen LogP contribution in [0.3, 0.4) is 0 Å². The van der Waals surface area contributed by atoms with E-state index in [1.54, 1.807) is 6.92 Å². The van der Waals surface area contributed by atoms with Crippen molar-refractivity contribution in [1.29, 1.82) is 0 Å². The quantitative estimate of drug-likeness (QED) is 0.760. The highest BCUT2D eigenvalue weighted by molar-refractivity contribution is 7.94. The van der Waals surface area contributed by atoms with Crippen LogP contribution in [0.15, 0.2) is 22.6 Å². The normalized spacial score (nSPS) is 23.0. The van der Waals surface area contributed by atoms with Gasteiger partial charge in [0, 0.05) is 5.41 Å². The standard InChI is InChI=1S/C8H11N3O4S2/c1-6-8(4-9-10-6)17(14,15)11-7-2-3-16(12,13)5-7/h2-4,7,11H,5H2,1H3,(H,9,10). The molecule has 2 heterocycles. The Morgan fingerprint density at radius 1 is 1.53 bits per heavy atom. The molecule has 2 rings (SSSR count). The number of sulfonamides is 1. The molecule has 1 aromatic heterocycles. The summed E-state index contributed by atoms with van der Waals surface area (Å²) in [6, 6.07) is -0.723. The summed E-state index contributed by atoms with van der Waals surface area (Å²) < 4.78 is 48.3. The van der Waals surface area contributed by atoms with Crippen molar-refractivity contribution in [3.05, 3.63) is 23.4 Å². The molecule has 0 saturated heterocycles. The Balaban J connectivity index is 2.21. The van der Waals surface area contributed by atoms with E-state index < -0.39 is 25.9 Å². The Morgan fingerprint density at radius 3 is 2.71 bits per heavy atom. The van der Waals surface area contributed by atoms with Crippen molar-refractivity contribution in [2.24, 2.45) is 0 Å². The fourth-order valence-electron chi connectivity index (χ4n) is 1.52. The van der Waals surface area contributed by atoms with E-state index in [4.69, 9.17) is 0 Å². The van der Waals surface area contributed by atoms with Gasteiger partial charge in [0.15, 0.2) is 9.84 Å². The Labute approximate surface area is 98.9 Å². The number of aryl methyl sites for hydroxylation is 1. The molecule has 0 aliphatic carbocycles. The van der Waals surface area contributed by atoms with Crippen LogP contribution >= 0.6 is 0 Å². The van der Waals surface area contributed by atoms with Gasteiger partial charge in [-0.05, 0) is 6.92 Å². The molecule has 0 aromatic carbocycles. The lowest BCUT2D eigenvalue weighted by Gasteiger charge is -2.09. The minimum atomic E-state index is -3.74. The van der Waals surface area contributed by atoms with E-state index >= 15 is 0 Å². The highest BCUT2D eigenvalue weighted by Crippen LogP contribution is 2.14. The highest BCUT2D eigenvalue weighted by atomic mass is 32.2. The van der Waals surface area contributed by atoms with Gasteiger partial charge in [-0.1, -0.05) is 6.08 Å². The molecular formula is C8H11N3O4S2. The van der Waals surface area contributed by atoms with Crippen LogP contribution in [0.1, 0.15) is 5.69 Å². The number of hydrogen-bond acceptors (Lipinski definition) is 5. The molecule has 94 valence electrons. The van der Waals surface area contributed by atoms with Crippen molar-refractivity contribution in [3.8, 4) is 0 Å². The maximum absolute atomic E-state index is 11.9. The minimum Gasteiger partial charge on any atom is -0.281 e. The molecule has 17 heavy (non-hydrogen) atoms. The molecule has 0 radical (unpaired) electrons. The van der Waals surface area contributed by atoms with E-state index in [1.807, 2.05) is 0 Å². The summed E-state index contributed by atoms with van der Waals surface area (Å²) in [7, 11) is -7.02. The van der Waals surface area contributed by atoms with Crippen molar-refractivity contribution < 1.29 is 16.8 Å². The van der Waals surface area contributed by atoms with Crippen LogP contribution in [0.25, 0.3) is 0 Å². The van der Waals surface area contributed by atoms with Gasteiger partial charge in [0.25, 0.3) is 0 Å². The predicted molar refractivity (Wildman–Crippen MR) is 60.4 cm³/mol. The number of aromatic amines is 1. The van der Waals surface area contributed by atoms with Gasteiger partial charge in [0.1, 0.15) is 4.90 Å². The van der Waals surface area contributed by atoms with E-state index in [2.05, 4.69) is 14.9 Å². The monoisotopic (exact) mass is 277 g/mol. The zero-order valence-electron chi connectivity index (χ0n) is 8.91. The average molecular weight is 277 g/mol. The van der Waals surface area contributed by atoms with Crippen LogP contribution in [-0.4, -0.2) is 38.8 Å². The summed E-state index contributed by atoms with van der Waals surface area (Å²) in [5.41, 5.74) is 0.405. The smallest absolute Gasteiger partial charge is 0.244 e. The summed E-state index contributed by atoms with van der Waals surface area (Å²) in [4.78, 5) is 0.0233. The number of aromatic nitrogens is 2. The van der Waals surface area contributed by atoms with Crippen molar-refractivity contribution >= 4 is 19.9 Å². The van der Waals surface area contributed by atoms with Crippen LogP contribution in [0.5, 0.6) is 0 Å². The first-order valence-electron chi connectivity index (χ1n) is 4.73. The molecule has 1 unspecified atom stereocenters. The highest BCUT2D eigenvalue weighted by Gasteiger charge is 2.28. The summed E-state index contributed by atoms with van der Waals surface area (Å²) in [6.07, 6.45) is 2.51. The van der Waals surface area contributed by atoms with Crippen LogP contribution < -0.4 is 4.72 Å². The second kappa shape index (κ2) is 3.93. The fourth-order valence-corrected chi connectivity index (χ4v) is 4.19. The van der Waals surface area contributed by atoms with Crippen LogP contribution in [-0.2, 0) is 19.9 Å². The largest absolute Gasteiger partial charge is 0.281 e. The number of nitrogens with one attached hydrogen (secondary N) is 2. The van der Waals surface area contributed by atoms with Gasteiger partial charge in [-0.15, -0.1) is 0 Å². The van der Waals surface area contributed by atoms with E-state index in [-0.39, 0.29) is 10.6 Å². The van der Waals surface area contributed by atoms with Crippen molar-refractivity contribution in [2.45, 2.75) is 17.9 Å². The van der Waals surface area contributed by atoms with Gasteiger partial charge >= 0.3 is 0 Å². The Morgan fingerprint density at radius 2 is 2.24 bits per heavy atom. The van der Waals surface area contributed by atoms with E-state index in [0.717, 1.165) is 5.41 Å².